The molecule has 1 N–H and O–H groups in total. The molecule has 0 bridgehead atoms. The number of rotatable bonds is 3. The molecule has 1 aliphatic heterocycles. The molecule has 2 rings (SSSR count). The van der Waals surface area contributed by atoms with Gasteiger partial charge in [-0.15, -0.1) is 0 Å². The lowest BCUT2D eigenvalue weighted by Gasteiger charge is -2.22. The molecule has 5 nitrogen and oxygen atoms in total. The quantitative estimate of drug-likeness (QED) is 0.870. The Kier molecular flexibility index (Phi) is 4.04. The number of hydrogen-bond donors (Lipinski definition) is 1. The smallest absolute Gasteiger partial charge is 0.228 e. The summed E-state index contributed by atoms with van der Waals surface area (Å²) in [5.74, 6) is 1.49. The van der Waals surface area contributed by atoms with Crippen molar-refractivity contribution in [1.29, 1.82) is 0 Å². The third-order valence-electron chi connectivity index (χ3n) is 3.01. The highest BCUT2D eigenvalue weighted by molar-refractivity contribution is 5.95. The zero-order valence-corrected chi connectivity index (χ0v) is 10.7. The molecule has 1 heterocycles. The van der Waals surface area contributed by atoms with Crippen molar-refractivity contribution >= 4 is 11.6 Å². The van der Waals surface area contributed by atoms with Crippen LogP contribution < -0.4 is 19.7 Å². The molecule has 1 fully saturated rings. The molecule has 18 heavy (non-hydrogen) atoms. The monoisotopic (exact) mass is 250 g/mol. The highest BCUT2D eigenvalue weighted by Crippen LogP contribution is 2.32. The van der Waals surface area contributed by atoms with E-state index in [1.807, 2.05) is 12.1 Å². The Labute approximate surface area is 107 Å². The van der Waals surface area contributed by atoms with Gasteiger partial charge in [0.2, 0.25) is 5.91 Å². The molecule has 0 saturated carbocycles. The van der Waals surface area contributed by atoms with Gasteiger partial charge < -0.3 is 19.7 Å². The van der Waals surface area contributed by atoms with E-state index in [-0.39, 0.29) is 5.91 Å². The maximum absolute atomic E-state index is 12.0. The standard InChI is InChI=1S/C13H18N2O3/c1-17-10-3-4-11(12(9-10)18-2)15-8-7-14-6-5-13(15)16/h3-4,9,14H,5-8H2,1-2H3. The largest absolute Gasteiger partial charge is 0.497 e. The Bertz CT molecular complexity index is 434. The van der Waals surface area contributed by atoms with Crippen molar-refractivity contribution in [1.82, 2.24) is 5.32 Å². The maximum Gasteiger partial charge on any atom is 0.228 e. The van der Waals surface area contributed by atoms with Gasteiger partial charge in [0.05, 0.1) is 19.9 Å². The molecule has 0 atom stereocenters. The van der Waals surface area contributed by atoms with Gasteiger partial charge in [-0.1, -0.05) is 0 Å². The van der Waals surface area contributed by atoms with Crippen LogP contribution in [0, 0.1) is 0 Å². The minimum absolute atomic E-state index is 0.114. The number of hydrogen-bond acceptors (Lipinski definition) is 4. The maximum atomic E-state index is 12.0. The molecule has 1 amide bonds. The summed E-state index contributed by atoms with van der Waals surface area (Å²) in [6.45, 7) is 2.18. The summed E-state index contributed by atoms with van der Waals surface area (Å²) in [5, 5.41) is 3.21. The van der Waals surface area contributed by atoms with Gasteiger partial charge >= 0.3 is 0 Å². The van der Waals surface area contributed by atoms with Crippen molar-refractivity contribution < 1.29 is 14.3 Å². The second-order valence-electron chi connectivity index (χ2n) is 4.08. The molecule has 0 aromatic heterocycles. The van der Waals surface area contributed by atoms with Crippen LogP contribution in [0.2, 0.25) is 0 Å². The Morgan fingerprint density at radius 1 is 1.22 bits per heavy atom. The molecule has 0 unspecified atom stereocenters. The van der Waals surface area contributed by atoms with Crippen molar-refractivity contribution in [3.63, 3.8) is 0 Å². The fraction of sp³-hybridized carbons (Fsp3) is 0.462. The summed E-state index contributed by atoms with van der Waals surface area (Å²) < 4.78 is 10.5. The Balaban J connectivity index is 2.33. The van der Waals surface area contributed by atoms with Crippen LogP contribution in [-0.2, 0) is 4.79 Å². The lowest BCUT2D eigenvalue weighted by molar-refractivity contribution is -0.118. The van der Waals surface area contributed by atoms with Gasteiger partial charge in [0.15, 0.2) is 0 Å². The van der Waals surface area contributed by atoms with E-state index in [1.54, 1.807) is 25.2 Å². The molecule has 5 heteroatoms. The number of methoxy groups -OCH3 is 2. The molecule has 0 aliphatic carbocycles. The molecule has 0 radical (unpaired) electrons. The van der Waals surface area contributed by atoms with E-state index in [0.29, 0.717) is 18.7 Å². The summed E-state index contributed by atoms with van der Waals surface area (Å²) in [5.41, 5.74) is 0.798. The molecular weight excluding hydrogens is 232 g/mol. The van der Waals surface area contributed by atoms with E-state index in [2.05, 4.69) is 5.32 Å². The van der Waals surface area contributed by atoms with Crippen molar-refractivity contribution in [2.75, 3.05) is 38.8 Å². The Morgan fingerprint density at radius 3 is 2.78 bits per heavy atom. The zero-order chi connectivity index (χ0) is 13.0. The second-order valence-corrected chi connectivity index (χ2v) is 4.08. The van der Waals surface area contributed by atoms with Gasteiger partial charge in [-0.3, -0.25) is 4.79 Å². The van der Waals surface area contributed by atoms with Gasteiger partial charge in [0.25, 0.3) is 0 Å². The fourth-order valence-electron chi connectivity index (χ4n) is 2.03. The molecule has 0 spiro atoms. The number of amides is 1. The first-order valence-corrected chi connectivity index (χ1v) is 5.99. The highest BCUT2D eigenvalue weighted by Gasteiger charge is 2.21. The van der Waals surface area contributed by atoms with Gasteiger partial charge in [-0.25, -0.2) is 0 Å². The van der Waals surface area contributed by atoms with E-state index in [1.165, 1.54) is 0 Å². The molecule has 1 aromatic carbocycles. The van der Waals surface area contributed by atoms with E-state index in [9.17, 15) is 4.79 Å². The molecule has 98 valence electrons. The Hall–Kier alpha value is -1.75. The minimum atomic E-state index is 0.114. The van der Waals surface area contributed by atoms with Crippen molar-refractivity contribution in [2.45, 2.75) is 6.42 Å². The van der Waals surface area contributed by atoms with Crippen LogP contribution in [0.1, 0.15) is 6.42 Å². The Morgan fingerprint density at radius 2 is 2.06 bits per heavy atom. The van der Waals surface area contributed by atoms with Crippen LogP contribution in [0.5, 0.6) is 11.5 Å². The normalized spacial score (nSPS) is 16.3. The average molecular weight is 250 g/mol. The van der Waals surface area contributed by atoms with Crippen LogP contribution in [0.4, 0.5) is 5.69 Å². The summed E-state index contributed by atoms with van der Waals surface area (Å²) in [7, 11) is 3.20. The SMILES string of the molecule is COc1ccc(N2CCNCCC2=O)c(OC)c1. The van der Waals surface area contributed by atoms with E-state index >= 15 is 0 Å². The second kappa shape index (κ2) is 5.73. The third kappa shape index (κ3) is 2.56. The number of nitrogens with one attached hydrogen (secondary N) is 1. The van der Waals surface area contributed by atoms with Crippen LogP contribution in [0.3, 0.4) is 0 Å². The highest BCUT2D eigenvalue weighted by atomic mass is 16.5. The first-order valence-electron chi connectivity index (χ1n) is 5.99. The number of ether oxygens (including phenoxy) is 2. The van der Waals surface area contributed by atoms with E-state index in [4.69, 9.17) is 9.47 Å². The lowest BCUT2D eigenvalue weighted by atomic mass is 10.2. The van der Waals surface area contributed by atoms with E-state index < -0.39 is 0 Å². The van der Waals surface area contributed by atoms with Crippen molar-refractivity contribution in [3.8, 4) is 11.5 Å². The van der Waals surface area contributed by atoms with Crippen LogP contribution in [0.25, 0.3) is 0 Å². The number of carbonyl (C=O) groups is 1. The summed E-state index contributed by atoms with van der Waals surface area (Å²) >= 11 is 0. The number of anilines is 1. The van der Waals surface area contributed by atoms with Gasteiger partial charge in [-0.2, -0.15) is 0 Å². The van der Waals surface area contributed by atoms with Crippen LogP contribution >= 0.6 is 0 Å². The number of carbonyl (C=O) groups excluding carboxylic acids is 1. The van der Waals surface area contributed by atoms with E-state index in [0.717, 1.165) is 24.5 Å². The summed E-state index contributed by atoms with van der Waals surface area (Å²) in [6.07, 6.45) is 0.509. The first kappa shape index (κ1) is 12.7. The number of nitrogens with zero attached hydrogens (tertiary/aromatic N) is 1. The zero-order valence-electron chi connectivity index (χ0n) is 10.7. The number of benzene rings is 1. The van der Waals surface area contributed by atoms with Gasteiger partial charge in [0.1, 0.15) is 11.5 Å². The summed E-state index contributed by atoms with van der Waals surface area (Å²) in [4.78, 5) is 13.8. The fourth-order valence-corrected chi connectivity index (χ4v) is 2.03. The molecular formula is C13H18N2O3. The molecule has 1 aliphatic rings. The van der Waals surface area contributed by atoms with Crippen LogP contribution in [-0.4, -0.2) is 39.8 Å². The average Bonchev–Trinajstić information content (AvgIpc) is 2.62. The topological polar surface area (TPSA) is 50.8 Å². The predicted molar refractivity (Wildman–Crippen MR) is 69.4 cm³/mol. The predicted octanol–water partition coefficient (Wildman–Crippen LogP) is 1.03. The lowest BCUT2D eigenvalue weighted by Crippen LogP contribution is -2.32. The van der Waals surface area contributed by atoms with Gasteiger partial charge in [0, 0.05) is 32.1 Å². The molecule has 1 saturated heterocycles. The minimum Gasteiger partial charge on any atom is -0.497 e. The first-order chi connectivity index (χ1) is 8.76. The third-order valence-corrected chi connectivity index (χ3v) is 3.01. The van der Waals surface area contributed by atoms with Crippen molar-refractivity contribution in [3.05, 3.63) is 18.2 Å². The van der Waals surface area contributed by atoms with Crippen LogP contribution in [0.15, 0.2) is 18.2 Å². The van der Waals surface area contributed by atoms with Gasteiger partial charge in [-0.05, 0) is 12.1 Å². The summed E-state index contributed by atoms with van der Waals surface area (Å²) in [6, 6.07) is 5.49. The molecule has 1 aromatic rings. The van der Waals surface area contributed by atoms with Crippen molar-refractivity contribution in [2.24, 2.45) is 0 Å².